The maximum atomic E-state index is 13.7. The molecule has 1 saturated carbocycles. The number of anilines is 1. The molecule has 1 aliphatic carbocycles. The van der Waals surface area contributed by atoms with Crippen molar-refractivity contribution in [3.05, 3.63) is 29.6 Å². The Balaban J connectivity index is 2.08. The van der Waals surface area contributed by atoms with Gasteiger partial charge in [-0.2, -0.15) is 0 Å². The third-order valence-corrected chi connectivity index (χ3v) is 3.28. The number of thiocarbonyl (C=S) groups is 1. The quantitative estimate of drug-likeness (QED) is 0.792. The smallest absolute Gasteiger partial charge is 0.146 e. The normalized spacial score (nSPS) is 22.9. The van der Waals surface area contributed by atoms with Crippen molar-refractivity contribution in [2.75, 3.05) is 5.32 Å². The van der Waals surface area contributed by atoms with Crippen molar-refractivity contribution in [3.63, 3.8) is 0 Å². The average molecular weight is 238 g/mol. The molecule has 0 amide bonds. The van der Waals surface area contributed by atoms with Gasteiger partial charge in [-0.05, 0) is 30.5 Å². The SMILES string of the molecule is CCC1CC1Nc1ccc(C(N)=S)cc1F. The average Bonchev–Trinajstić information content (AvgIpc) is 2.99. The number of rotatable bonds is 4. The Morgan fingerprint density at radius 3 is 2.88 bits per heavy atom. The Kier molecular flexibility index (Phi) is 3.10. The fraction of sp³-hybridized carbons (Fsp3) is 0.417. The minimum absolute atomic E-state index is 0.225. The van der Waals surface area contributed by atoms with Gasteiger partial charge >= 0.3 is 0 Å². The molecular formula is C12H15FN2S. The number of hydrogen-bond donors (Lipinski definition) is 2. The molecule has 0 spiro atoms. The van der Waals surface area contributed by atoms with Gasteiger partial charge in [0.1, 0.15) is 10.8 Å². The predicted octanol–water partition coefficient (Wildman–Crippen LogP) is 2.67. The summed E-state index contributed by atoms with van der Waals surface area (Å²) in [6, 6.07) is 5.26. The lowest BCUT2D eigenvalue weighted by Crippen LogP contribution is -2.11. The molecule has 86 valence electrons. The van der Waals surface area contributed by atoms with Crippen LogP contribution in [-0.2, 0) is 0 Å². The van der Waals surface area contributed by atoms with Crippen molar-refractivity contribution >= 4 is 22.9 Å². The molecule has 16 heavy (non-hydrogen) atoms. The minimum Gasteiger partial charge on any atom is -0.389 e. The second kappa shape index (κ2) is 4.37. The highest BCUT2D eigenvalue weighted by Gasteiger charge is 2.35. The summed E-state index contributed by atoms with van der Waals surface area (Å²) < 4.78 is 13.7. The van der Waals surface area contributed by atoms with Crippen molar-refractivity contribution in [1.82, 2.24) is 0 Å². The first kappa shape index (κ1) is 11.3. The number of nitrogens with two attached hydrogens (primary N) is 1. The van der Waals surface area contributed by atoms with Crippen molar-refractivity contribution < 1.29 is 4.39 Å². The first-order chi connectivity index (χ1) is 7.61. The molecule has 1 fully saturated rings. The highest BCUT2D eigenvalue weighted by Crippen LogP contribution is 2.36. The molecule has 1 aromatic rings. The molecule has 0 aromatic heterocycles. The van der Waals surface area contributed by atoms with E-state index in [1.807, 2.05) is 0 Å². The monoisotopic (exact) mass is 238 g/mol. The second-order valence-corrected chi connectivity index (χ2v) is 4.65. The Labute approximate surface area is 100 Å². The summed E-state index contributed by atoms with van der Waals surface area (Å²) in [7, 11) is 0. The van der Waals surface area contributed by atoms with Crippen molar-refractivity contribution in [2.24, 2.45) is 11.7 Å². The standard InChI is InChI=1S/C12H15FN2S/c1-2-7-6-11(7)15-10-4-3-8(12(14)16)5-9(10)13/h3-5,7,11,15H,2,6H2,1H3,(H2,14,16). The van der Waals surface area contributed by atoms with Crippen LogP contribution in [0.1, 0.15) is 25.3 Å². The molecule has 0 bridgehead atoms. The Morgan fingerprint density at radius 1 is 1.62 bits per heavy atom. The summed E-state index contributed by atoms with van der Waals surface area (Å²) in [5, 5.41) is 3.19. The Bertz CT molecular complexity index is 419. The van der Waals surface area contributed by atoms with E-state index in [1.165, 1.54) is 6.07 Å². The number of halogens is 1. The van der Waals surface area contributed by atoms with E-state index in [9.17, 15) is 4.39 Å². The fourth-order valence-electron chi connectivity index (χ4n) is 1.86. The van der Waals surface area contributed by atoms with Crippen LogP contribution in [0.4, 0.5) is 10.1 Å². The zero-order valence-corrected chi connectivity index (χ0v) is 9.98. The van der Waals surface area contributed by atoms with Crippen LogP contribution in [0.3, 0.4) is 0 Å². The van der Waals surface area contributed by atoms with Crippen molar-refractivity contribution in [2.45, 2.75) is 25.8 Å². The maximum absolute atomic E-state index is 13.7. The van der Waals surface area contributed by atoms with E-state index >= 15 is 0 Å². The van der Waals surface area contributed by atoms with Crippen LogP contribution in [0.25, 0.3) is 0 Å². The van der Waals surface area contributed by atoms with Crippen LogP contribution in [-0.4, -0.2) is 11.0 Å². The van der Waals surface area contributed by atoms with Crippen LogP contribution >= 0.6 is 12.2 Å². The van der Waals surface area contributed by atoms with Gasteiger partial charge in [-0.1, -0.05) is 25.6 Å². The molecule has 2 unspecified atom stereocenters. The minimum atomic E-state index is -0.285. The predicted molar refractivity (Wildman–Crippen MR) is 68.1 cm³/mol. The third kappa shape index (κ3) is 2.32. The van der Waals surface area contributed by atoms with Gasteiger partial charge in [0.15, 0.2) is 0 Å². The lowest BCUT2D eigenvalue weighted by atomic mass is 10.2. The summed E-state index contributed by atoms with van der Waals surface area (Å²) >= 11 is 4.79. The highest BCUT2D eigenvalue weighted by atomic mass is 32.1. The fourth-order valence-corrected chi connectivity index (χ4v) is 1.99. The number of benzene rings is 1. The van der Waals surface area contributed by atoms with Gasteiger partial charge < -0.3 is 11.1 Å². The van der Waals surface area contributed by atoms with Crippen molar-refractivity contribution in [3.8, 4) is 0 Å². The summed E-state index contributed by atoms with van der Waals surface area (Å²) in [5.41, 5.74) is 6.55. The Morgan fingerprint density at radius 2 is 2.38 bits per heavy atom. The van der Waals surface area contributed by atoms with Crippen LogP contribution in [0.15, 0.2) is 18.2 Å². The lowest BCUT2D eigenvalue weighted by molar-refractivity contribution is 0.628. The molecule has 1 aromatic carbocycles. The molecule has 0 radical (unpaired) electrons. The molecule has 0 saturated heterocycles. The van der Waals surface area contributed by atoms with Gasteiger partial charge in [0.2, 0.25) is 0 Å². The molecule has 2 atom stereocenters. The number of nitrogens with one attached hydrogen (secondary N) is 1. The van der Waals surface area contributed by atoms with Crippen LogP contribution in [0.5, 0.6) is 0 Å². The Hall–Kier alpha value is -1.16. The summed E-state index contributed by atoms with van der Waals surface area (Å²) in [5.74, 6) is 0.404. The van der Waals surface area contributed by atoms with E-state index in [1.54, 1.807) is 12.1 Å². The zero-order chi connectivity index (χ0) is 11.7. The van der Waals surface area contributed by atoms with Gasteiger partial charge in [-0.3, -0.25) is 0 Å². The van der Waals surface area contributed by atoms with E-state index in [0.717, 1.165) is 12.8 Å². The van der Waals surface area contributed by atoms with Crippen LogP contribution in [0, 0.1) is 11.7 Å². The van der Waals surface area contributed by atoms with E-state index in [4.69, 9.17) is 18.0 Å². The second-order valence-electron chi connectivity index (χ2n) is 4.21. The molecule has 2 rings (SSSR count). The first-order valence-electron chi connectivity index (χ1n) is 5.47. The summed E-state index contributed by atoms with van der Waals surface area (Å²) in [6.45, 7) is 2.15. The molecule has 4 heteroatoms. The topological polar surface area (TPSA) is 38.0 Å². The molecular weight excluding hydrogens is 223 g/mol. The molecule has 0 aliphatic heterocycles. The molecule has 1 aliphatic rings. The van der Waals surface area contributed by atoms with Gasteiger partial charge in [0.25, 0.3) is 0 Å². The van der Waals surface area contributed by atoms with E-state index in [0.29, 0.717) is 23.2 Å². The van der Waals surface area contributed by atoms with E-state index in [2.05, 4.69) is 12.2 Å². The van der Waals surface area contributed by atoms with Gasteiger partial charge in [0, 0.05) is 11.6 Å². The van der Waals surface area contributed by atoms with Gasteiger partial charge in [-0.15, -0.1) is 0 Å². The van der Waals surface area contributed by atoms with E-state index in [-0.39, 0.29) is 10.8 Å². The molecule has 0 heterocycles. The van der Waals surface area contributed by atoms with Crippen molar-refractivity contribution in [1.29, 1.82) is 0 Å². The zero-order valence-electron chi connectivity index (χ0n) is 9.16. The number of hydrogen-bond acceptors (Lipinski definition) is 2. The summed E-state index contributed by atoms with van der Waals surface area (Å²) in [6.07, 6.45) is 2.28. The highest BCUT2D eigenvalue weighted by molar-refractivity contribution is 7.80. The van der Waals surface area contributed by atoms with Crippen LogP contribution in [0.2, 0.25) is 0 Å². The maximum Gasteiger partial charge on any atom is 0.146 e. The van der Waals surface area contributed by atoms with E-state index < -0.39 is 0 Å². The largest absolute Gasteiger partial charge is 0.389 e. The lowest BCUT2D eigenvalue weighted by Gasteiger charge is -2.08. The molecule has 3 N–H and O–H groups in total. The molecule has 2 nitrogen and oxygen atoms in total. The summed E-state index contributed by atoms with van der Waals surface area (Å²) in [4.78, 5) is 0.225. The van der Waals surface area contributed by atoms with Gasteiger partial charge in [0.05, 0.1) is 5.69 Å². The first-order valence-corrected chi connectivity index (χ1v) is 5.88. The third-order valence-electron chi connectivity index (χ3n) is 3.04. The van der Waals surface area contributed by atoms with Gasteiger partial charge in [-0.25, -0.2) is 4.39 Å². The van der Waals surface area contributed by atoms with Crippen LogP contribution < -0.4 is 11.1 Å².